The van der Waals surface area contributed by atoms with Gasteiger partial charge in [0.1, 0.15) is 12.4 Å². The van der Waals surface area contributed by atoms with Crippen molar-refractivity contribution in [1.29, 1.82) is 0 Å². The number of ether oxygens (including phenoxy) is 2. The van der Waals surface area contributed by atoms with Crippen LogP contribution in [0, 0.1) is 6.92 Å². The van der Waals surface area contributed by atoms with Crippen molar-refractivity contribution in [2.45, 2.75) is 6.92 Å². The third-order valence-corrected chi connectivity index (χ3v) is 3.14. The van der Waals surface area contributed by atoms with E-state index in [0.29, 0.717) is 23.9 Å². The first-order chi connectivity index (χ1) is 8.13. The highest BCUT2D eigenvalue weighted by Crippen LogP contribution is 2.34. The molecule has 1 aliphatic heterocycles. The number of hydrogen-bond acceptors (Lipinski definition) is 3. The summed E-state index contributed by atoms with van der Waals surface area (Å²) < 4.78 is 10.4. The third-order valence-electron chi connectivity index (χ3n) is 2.74. The molecule has 0 bridgehead atoms. The summed E-state index contributed by atoms with van der Waals surface area (Å²) in [4.78, 5) is 13.4. The van der Waals surface area contributed by atoms with Crippen LogP contribution in [0.4, 0.5) is 5.69 Å². The average molecular weight is 256 g/mol. The lowest BCUT2D eigenvalue weighted by Crippen LogP contribution is -2.41. The fourth-order valence-electron chi connectivity index (χ4n) is 1.80. The van der Waals surface area contributed by atoms with Gasteiger partial charge in [0.25, 0.3) is 5.91 Å². The van der Waals surface area contributed by atoms with Gasteiger partial charge in [-0.05, 0) is 18.6 Å². The molecule has 0 radical (unpaired) electrons. The highest BCUT2D eigenvalue weighted by atomic mass is 35.5. The number of hydrogen-bond donors (Lipinski definition) is 0. The predicted molar refractivity (Wildman–Crippen MR) is 65.9 cm³/mol. The summed E-state index contributed by atoms with van der Waals surface area (Å²) in [5, 5.41) is 0.631. The fraction of sp³-hybridized carbons (Fsp3) is 0.417. The van der Waals surface area contributed by atoms with E-state index in [9.17, 15) is 4.79 Å². The fourth-order valence-corrected chi connectivity index (χ4v) is 1.95. The van der Waals surface area contributed by atoms with Crippen LogP contribution in [0.2, 0.25) is 5.02 Å². The van der Waals surface area contributed by atoms with Gasteiger partial charge in [-0.15, -0.1) is 0 Å². The van der Waals surface area contributed by atoms with Crippen molar-refractivity contribution in [3.63, 3.8) is 0 Å². The van der Waals surface area contributed by atoms with Crippen LogP contribution in [0.5, 0.6) is 5.75 Å². The predicted octanol–water partition coefficient (Wildman–Crippen LogP) is 2.02. The van der Waals surface area contributed by atoms with Gasteiger partial charge in [-0.25, -0.2) is 0 Å². The van der Waals surface area contributed by atoms with Crippen LogP contribution in [0.25, 0.3) is 0 Å². The van der Waals surface area contributed by atoms with Gasteiger partial charge in [0.05, 0.1) is 19.4 Å². The van der Waals surface area contributed by atoms with Crippen LogP contribution in [0.3, 0.4) is 0 Å². The number of methoxy groups -OCH3 is 1. The molecule has 1 aliphatic rings. The van der Waals surface area contributed by atoms with Crippen LogP contribution in [0.15, 0.2) is 12.1 Å². The van der Waals surface area contributed by atoms with Gasteiger partial charge in [0, 0.05) is 17.6 Å². The van der Waals surface area contributed by atoms with Crippen LogP contribution in [0.1, 0.15) is 5.56 Å². The van der Waals surface area contributed by atoms with Crippen molar-refractivity contribution < 1.29 is 14.3 Å². The van der Waals surface area contributed by atoms with E-state index >= 15 is 0 Å². The van der Waals surface area contributed by atoms with E-state index in [4.69, 9.17) is 21.1 Å². The van der Waals surface area contributed by atoms with E-state index in [-0.39, 0.29) is 12.5 Å². The third kappa shape index (κ3) is 2.37. The zero-order valence-electron chi connectivity index (χ0n) is 9.83. The lowest BCUT2D eigenvalue weighted by molar-refractivity contribution is -0.125. The van der Waals surface area contributed by atoms with Gasteiger partial charge in [-0.1, -0.05) is 11.6 Å². The first-order valence-electron chi connectivity index (χ1n) is 5.35. The van der Waals surface area contributed by atoms with Gasteiger partial charge in [-0.3, -0.25) is 4.79 Å². The lowest BCUT2D eigenvalue weighted by Gasteiger charge is -2.28. The number of nitrogens with zero attached hydrogens (tertiary/aromatic N) is 1. The van der Waals surface area contributed by atoms with Crippen molar-refractivity contribution in [3.8, 4) is 5.75 Å². The number of aryl methyl sites for hydroxylation is 1. The molecule has 4 nitrogen and oxygen atoms in total. The van der Waals surface area contributed by atoms with Gasteiger partial charge < -0.3 is 14.4 Å². The topological polar surface area (TPSA) is 38.8 Å². The molecule has 0 aromatic heterocycles. The smallest absolute Gasteiger partial charge is 0.253 e. The van der Waals surface area contributed by atoms with Gasteiger partial charge in [0.2, 0.25) is 0 Å². The number of amides is 1. The molecule has 0 N–H and O–H groups in total. The largest absolute Gasteiger partial charge is 0.495 e. The Hall–Kier alpha value is -1.26. The van der Waals surface area contributed by atoms with Crippen molar-refractivity contribution >= 4 is 23.2 Å². The van der Waals surface area contributed by atoms with E-state index in [2.05, 4.69) is 0 Å². The minimum Gasteiger partial charge on any atom is -0.495 e. The Morgan fingerprint density at radius 2 is 2.24 bits per heavy atom. The van der Waals surface area contributed by atoms with E-state index in [1.54, 1.807) is 18.1 Å². The number of benzene rings is 1. The molecule has 1 saturated heterocycles. The van der Waals surface area contributed by atoms with E-state index in [1.165, 1.54) is 0 Å². The molecular weight excluding hydrogens is 242 g/mol. The van der Waals surface area contributed by atoms with E-state index in [0.717, 1.165) is 11.3 Å². The first-order valence-corrected chi connectivity index (χ1v) is 5.73. The number of carbonyl (C=O) groups excluding carboxylic acids is 1. The Balaban J connectivity index is 2.42. The van der Waals surface area contributed by atoms with Gasteiger partial charge in [-0.2, -0.15) is 0 Å². The summed E-state index contributed by atoms with van der Waals surface area (Å²) in [6.45, 7) is 3.09. The molecule has 0 unspecified atom stereocenters. The SMILES string of the molecule is COc1cc(Cl)c(C)cc1N1CCOCC1=O. The molecule has 1 aromatic carbocycles. The average Bonchev–Trinajstić information content (AvgIpc) is 2.33. The molecule has 0 saturated carbocycles. The van der Waals surface area contributed by atoms with Crippen LogP contribution < -0.4 is 9.64 Å². The number of halogens is 1. The maximum atomic E-state index is 11.8. The zero-order valence-corrected chi connectivity index (χ0v) is 10.6. The molecule has 17 heavy (non-hydrogen) atoms. The minimum atomic E-state index is -0.0590. The monoisotopic (exact) mass is 255 g/mol. The molecule has 0 atom stereocenters. The van der Waals surface area contributed by atoms with Crippen LogP contribution in [-0.2, 0) is 9.53 Å². The minimum absolute atomic E-state index is 0.0590. The Kier molecular flexibility index (Phi) is 3.54. The molecular formula is C12H14ClNO3. The van der Waals surface area contributed by atoms with Crippen molar-refractivity contribution in [1.82, 2.24) is 0 Å². The Labute approximate surface area is 105 Å². The molecule has 1 heterocycles. The Morgan fingerprint density at radius 1 is 1.47 bits per heavy atom. The summed E-state index contributed by atoms with van der Waals surface area (Å²) in [7, 11) is 1.56. The highest BCUT2D eigenvalue weighted by molar-refractivity contribution is 6.31. The Morgan fingerprint density at radius 3 is 2.88 bits per heavy atom. The Bertz CT molecular complexity index is 448. The number of morpholine rings is 1. The van der Waals surface area contributed by atoms with Crippen molar-refractivity contribution in [2.24, 2.45) is 0 Å². The molecule has 92 valence electrons. The standard InChI is InChI=1S/C12H14ClNO3/c1-8-5-10(11(16-2)6-9(8)13)14-3-4-17-7-12(14)15/h5-6H,3-4,7H2,1-2H3. The molecule has 5 heteroatoms. The van der Waals surface area contributed by atoms with E-state index < -0.39 is 0 Å². The highest BCUT2D eigenvalue weighted by Gasteiger charge is 2.23. The summed E-state index contributed by atoms with van der Waals surface area (Å²) in [5.41, 5.74) is 1.67. The van der Waals surface area contributed by atoms with Gasteiger partial charge >= 0.3 is 0 Å². The van der Waals surface area contributed by atoms with Crippen LogP contribution in [-0.4, -0.2) is 32.8 Å². The summed E-state index contributed by atoms with van der Waals surface area (Å²) in [5.74, 6) is 0.548. The number of anilines is 1. The van der Waals surface area contributed by atoms with Crippen LogP contribution >= 0.6 is 11.6 Å². The van der Waals surface area contributed by atoms with E-state index in [1.807, 2.05) is 13.0 Å². The molecule has 0 spiro atoms. The van der Waals surface area contributed by atoms with Gasteiger partial charge in [0.15, 0.2) is 0 Å². The lowest BCUT2D eigenvalue weighted by atomic mass is 10.1. The second-order valence-electron chi connectivity index (χ2n) is 3.87. The molecule has 2 rings (SSSR count). The second kappa shape index (κ2) is 4.94. The normalized spacial score (nSPS) is 16.2. The maximum Gasteiger partial charge on any atom is 0.253 e. The summed E-state index contributed by atoms with van der Waals surface area (Å²) in [6, 6.07) is 3.60. The second-order valence-corrected chi connectivity index (χ2v) is 4.28. The van der Waals surface area contributed by atoms with Crippen molar-refractivity contribution in [3.05, 3.63) is 22.7 Å². The maximum absolute atomic E-state index is 11.8. The molecule has 1 amide bonds. The summed E-state index contributed by atoms with van der Waals surface area (Å²) in [6.07, 6.45) is 0. The quantitative estimate of drug-likeness (QED) is 0.812. The summed E-state index contributed by atoms with van der Waals surface area (Å²) >= 11 is 6.03. The molecule has 1 aromatic rings. The number of rotatable bonds is 2. The molecule has 0 aliphatic carbocycles. The molecule has 1 fully saturated rings. The first kappa shape index (κ1) is 12.2. The number of carbonyl (C=O) groups is 1. The zero-order chi connectivity index (χ0) is 12.4. The van der Waals surface area contributed by atoms with Crippen molar-refractivity contribution in [2.75, 3.05) is 31.8 Å².